The smallest absolute Gasteiger partial charge is 0.0616 e. The van der Waals surface area contributed by atoms with E-state index in [1.807, 2.05) is 0 Å². The summed E-state index contributed by atoms with van der Waals surface area (Å²) in [4.78, 5) is 2.44. The van der Waals surface area contributed by atoms with Crippen LogP contribution in [0.25, 0.3) is 0 Å². The van der Waals surface area contributed by atoms with E-state index in [1.54, 1.807) is 14.2 Å². The van der Waals surface area contributed by atoms with Crippen molar-refractivity contribution in [2.75, 3.05) is 53.7 Å². The van der Waals surface area contributed by atoms with Gasteiger partial charge in [0.05, 0.1) is 19.3 Å². The molecule has 0 spiro atoms. The van der Waals surface area contributed by atoms with Crippen LogP contribution in [0.2, 0.25) is 0 Å². The summed E-state index contributed by atoms with van der Waals surface area (Å²) < 4.78 is 16.4. The van der Waals surface area contributed by atoms with E-state index in [4.69, 9.17) is 19.9 Å². The predicted octanol–water partition coefficient (Wildman–Crippen LogP) is 1.11. The van der Waals surface area contributed by atoms with Crippen molar-refractivity contribution in [1.29, 1.82) is 0 Å². The second kappa shape index (κ2) is 8.95. The molecule has 120 valence electrons. The highest BCUT2D eigenvalue weighted by Gasteiger charge is 2.41. The number of methoxy groups -OCH3 is 2. The summed E-state index contributed by atoms with van der Waals surface area (Å²) in [5.41, 5.74) is 6.18. The maximum atomic E-state index is 6.17. The zero-order valence-electron chi connectivity index (χ0n) is 13.6. The van der Waals surface area contributed by atoms with Crippen molar-refractivity contribution >= 4 is 0 Å². The zero-order valence-corrected chi connectivity index (χ0v) is 13.6. The third-order valence-corrected chi connectivity index (χ3v) is 4.41. The van der Waals surface area contributed by atoms with Crippen LogP contribution in [0.1, 0.15) is 26.7 Å². The van der Waals surface area contributed by atoms with Gasteiger partial charge in [-0.15, -0.1) is 0 Å². The fourth-order valence-electron chi connectivity index (χ4n) is 2.95. The Morgan fingerprint density at radius 3 is 2.30 bits per heavy atom. The molecule has 5 nitrogen and oxygen atoms in total. The first kappa shape index (κ1) is 17.9. The average molecular weight is 288 g/mol. The van der Waals surface area contributed by atoms with Crippen LogP contribution in [0.15, 0.2) is 0 Å². The lowest BCUT2D eigenvalue weighted by Gasteiger charge is -2.49. The molecule has 2 unspecified atom stereocenters. The van der Waals surface area contributed by atoms with Gasteiger partial charge in [0, 0.05) is 46.0 Å². The van der Waals surface area contributed by atoms with E-state index in [9.17, 15) is 0 Å². The van der Waals surface area contributed by atoms with Crippen molar-refractivity contribution < 1.29 is 14.2 Å². The minimum Gasteiger partial charge on any atom is -0.383 e. The Morgan fingerprint density at radius 1 is 1.25 bits per heavy atom. The molecule has 0 aromatic rings. The van der Waals surface area contributed by atoms with E-state index >= 15 is 0 Å². The summed E-state index contributed by atoms with van der Waals surface area (Å²) >= 11 is 0. The fourth-order valence-corrected chi connectivity index (χ4v) is 2.95. The molecule has 1 saturated heterocycles. The molecule has 1 aliphatic rings. The van der Waals surface area contributed by atoms with Gasteiger partial charge in [-0.1, -0.05) is 13.8 Å². The van der Waals surface area contributed by atoms with Gasteiger partial charge in [0.1, 0.15) is 0 Å². The van der Waals surface area contributed by atoms with Gasteiger partial charge in [-0.2, -0.15) is 0 Å². The molecule has 0 radical (unpaired) electrons. The molecular weight excluding hydrogens is 256 g/mol. The average Bonchev–Trinajstić information content (AvgIpc) is 2.47. The van der Waals surface area contributed by atoms with Gasteiger partial charge in [-0.3, -0.25) is 4.90 Å². The summed E-state index contributed by atoms with van der Waals surface area (Å²) in [6.45, 7) is 9.10. The molecule has 0 aromatic heterocycles. The van der Waals surface area contributed by atoms with Gasteiger partial charge in [0.15, 0.2) is 0 Å². The van der Waals surface area contributed by atoms with Crippen molar-refractivity contribution in [3.05, 3.63) is 0 Å². The summed E-state index contributed by atoms with van der Waals surface area (Å²) in [5.74, 6) is 0.521. The van der Waals surface area contributed by atoms with Gasteiger partial charge in [-0.25, -0.2) is 0 Å². The van der Waals surface area contributed by atoms with E-state index in [2.05, 4.69) is 18.7 Å². The Balaban J connectivity index is 2.78. The van der Waals surface area contributed by atoms with Crippen LogP contribution < -0.4 is 5.73 Å². The lowest BCUT2D eigenvalue weighted by atomic mass is 9.81. The normalized spacial score (nSPS) is 27.4. The molecule has 0 aromatic carbocycles. The van der Waals surface area contributed by atoms with Gasteiger partial charge in [-0.05, 0) is 18.8 Å². The summed E-state index contributed by atoms with van der Waals surface area (Å²) in [6.07, 6.45) is 2.27. The van der Waals surface area contributed by atoms with Crippen molar-refractivity contribution in [3.63, 3.8) is 0 Å². The highest BCUT2D eigenvalue weighted by molar-refractivity contribution is 4.97. The van der Waals surface area contributed by atoms with E-state index in [0.29, 0.717) is 18.6 Å². The second-order valence-corrected chi connectivity index (χ2v) is 6.01. The molecule has 0 aliphatic carbocycles. The monoisotopic (exact) mass is 288 g/mol. The number of nitrogens with two attached hydrogens (primary N) is 1. The van der Waals surface area contributed by atoms with Crippen molar-refractivity contribution in [3.8, 4) is 0 Å². The minimum absolute atomic E-state index is 0.0181. The van der Waals surface area contributed by atoms with Crippen LogP contribution >= 0.6 is 0 Å². The second-order valence-electron chi connectivity index (χ2n) is 6.01. The fraction of sp³-hybridized carbons (Fsp3) is 1.00. The summed E-state index contributed by atoms with van der Waals surface area (Å²) in [6, 6.07) is 0. The summed E-state index contributed by atoms with van der Waals surface area (Å²) in [5, 5.41) is 0. The first-order valence-corrected chi connectivity index (χ1v) is 7.64. The molecule has 2 N–H and O–H groups in total. The molecule has 0 bridgehead atoms. The van der Waals surface area contributed by atoms with E-state index in [0.717, 1.165) is 45.8 Å². The zero-order chi connectivity index (χ0) is 15.0. The third-order valence-electron chi connectivity index (χ3n) is 4.41. The number of hydrogen-bond donors (Lipinski definition) is 1. The Bertz CT molecular complexity index is 256. The topological polar surface area (TPSA) is 57.0 Å². The molecule has 0 saturated carbocycles. The standard InChI is InChI=1S/C15H32N2O3/c1-13(2)14-11-15(12-16,5-8-20-14)17(6-9-18-3)7-10-19-4/h13-14H,5-12,16H2,1-4H3. The number of ether oxygens (including phenoxy) is 3. The number of hydrogen-bond acceptors (Lipinski definition) is 5. The molecule has 20 heavy (non-hydrogen) atoms. The van der Waals surface area contributed by atoms with Gasteiger partial charge >= 0.3 is 0 Å². The van der Waals surface area contributed by atoms with Crippen LogP contribution in [-0.2, 0) is 14.2 Å². The van der Waals surface area contributed by atoms with Crippen molar-refractivity contribution in [2.24, 2.45) is 11.7 Å². The Kier molecular flexibility index (Phi) is 7.99. The van der Waals surface area contributed by atoms with Crippen LogP contribution in [-0.4, -0.2) is 70.2 Å². The van der Waals surface area contributed by atoms with Crippen molar-refractivity contribution in [1.82, 2.24) is 4.90 Å². The molecular formula is C15H32N2O3. The maximum Gasteiger partial charge on any atom is 0.0616 e. The third kappa shape index (κ3) is 4.67. The Labute approximate surface area is 123 Å². The lowest BCUT2D eigenvalue weighted by molar-refractivity contribution is -0.0940. The minimum atomic E-state index is 0.0181. The van der Waals surface area contributed by atoms with Crippen LogP contribution in [0.3, 0.4) is 0 Å². The number of nitrogens with zero attached hydrogens (tertiary/aromatic N) is 1. The van der Waals surface area contributed by atoms with Crippen LogP contribution in [0.5, 0.6) is 0 Å². The van der Waals surface area contributed by atoms with E-state index in [1.165, 1.54) is 0 Å². The van der Waals surface area contributed by atoms with Crippen molar-refractivity contribution in [2.45, 2.75) is 38.3 Å². The molecule has 1 heterocycles. The Morgan fingerprint density at radius 2 is 1.85 bits per heavy atom. The molecule has 2 atom stereocenters. The quantitative estimate of drug-likeness (QED) is 0.689. The molecule has 1 aliphatic heterocycles. The SMILES string of the molecule is COCCN(CCOC)C1(CN)CCOC(C(C)C)C1. The lowest BCUT2D eigenvalue weighted by Crippen LogP contribution is -2.60. The van der Waals surface area contributed by atoms with Gasteiger partial charge in [0.25, 0.3) is 0 Å². The van der Waals surface area contributed by atoms with Crippen LogP contribution in [0, 0.1) is 5.92 Å². The molecule has 1 fully saturated rings. The van der Waals surface area contributed by atoms with Crippen LogP contribution in [0.4, 0.5) is 0 Å². The molecule has 5 heteroatoms. The van der Waals surface area contributed by atoms with Gasteiger partial charge < -0.3 is 19.9 Å². The van der Waals surface area contributed by atoms with E-state index < -0.39 is 0 Å². The molecule has 0 amide bonds. The Hall–Kier alpha value is -0.200. The highest BCUT2D eigenvalue weighted by Crippen LogP contribution is 2.32. The maximum absolute atomic E-state index is 6.17. The number of rotatable bonds is 9. The predicted molar refractivity (Wildman–Crippen MR) is 80.9 cm³/mol. The summed E-state index contributed by atoms with van der Waals surface area (Å²) in [7, 11) is 3.48. The first-order valence-electron chi connectivity index (χ1n) is 7.64. The van der Waals surface area contributed by atoms with Gasteiger partial charge in [0.2, 0.25) is 0 Å². The largest absolute Gasteiger partial charge is 0.383 e. The van der Waals surface area contributed by atoms with E-state index in [-0.39, 0.29) is 5.54 Å². The highest BCUT2D eigenvalue weighted by atomic mass is 16.5. The first-order chi connectivity index (χ1) is 9.59. The molecule has 1 rings (SSSR count).